The van der Waals surface area contributed by atoms with Crippen LogP contribution in [0.3, 0.4) is 0 Å². The van der Waals surface area contributed by atoms with Gasteiger partial charge in [-0.05, 0) is 12.8 Å². The van der Waals surface area contributed by atoms with Gasteiger partial charge in [-0.3, -0.25) is 0 Å². The molecule has 0 amide bonds. The summed E-state index contributed by atoms with van der Waals surface area (Å²) in [6.07, 6.45) is -19.6. The minimum atomic E-state index is -6.95. The lowest BCUT2D eigenvalue weighted by molar-refractivity contribution is -0.444. The summed E-state index contributed by atoms with van der Waals surface area (Å²) in [5, 5.41) is 0. The van der Waals surface area contributed by atoms with Crippen molar-refractivity contribution in [2.24, 2.45) is 0 Å². The molecule has 1 saturated heterocycles. The van der Waals surface area contributed by atoms with Crippen molar-refractivity contribution in [2.75, 3.05) is 13.1 Å². The molecule has 0 N–H and O–H groups in total. The Labute approximate surface area is 127 Å². The molecule has 0 spiro atoms. The number of ether oxygens (including phenoxy) is 1. The second kappa shape index (κ2) is 5.92. The van der Waals surface area contributed by atoms with Crippen LogP contribution in [0.1, 0.15) is 12.8 Å². The van der Waals surface area contributed by atoms with Crippen molar-refractivity contribution in [3.8, 4) is 0 Å². The summed E-state index contributed by atoms with van der Waals surface area (Å²) < 4.78 is 146. The van der Waals surface area contributed by atoms with Crippen molar-refractivity contribution in [3.05, 3.63) is 12.3 Å². The van der Waals surface area contributed by atoms with E-state index in [2.05, 4.69) is 4.74 Å². The predicted molar refractivity (Wildman–Crippen MR) is 56.9 cm³/mol. The van der Waals surface area contributed by atoms with E-state index in [1.807, 2.05) is 6.58 Å². The normalized spacial score (nSPS) is 20.8. The molecule has 142 valence electrons. The maximum absolute atomic E-state index is 14.1. The van der Waals surface area contributed by atoms with Crippen molar-refractivity contribution in [2.45, 2.75) is 43.0 Å². The maximum Gasteiger partial charge on any atom is 0.450 e. The van der Waals surface area contributed by atoms with Crippen LogP contribution in [-0.2, 0) is 4.74 Å². The summed E-state index contributed by atoms with van der Waals surface area (Å²) in [5.41, 5.74) is -6.73. The highest BCUT2D eigenvalue weighted by molar-refractivity contribution is 5.08. The smallest absolute Gasteiger partial charge is 0.425 e. The first-order chi connectivity index (χ1) is 10.5. The molecule has 0 aromatic carbocycles. The molecule has 13 heteroatoms. The van der Waals surface area contributed by atoms with Gasteiger partial charge in [-0.25, -0.2) is 9.29 Å². The monoisotopic (exact) mass is 381 g/mol. The van der Waals surface area contributed by atoms with E-state index in [0.717, 1.165) is 0 Å². The first-order valence-corrected chi connectivity index (χ1v) is 6.20. The Hall–Kier alpha value is -1.27. The Morgan fingerprint density at radius 1 is 0.792 bits per heavy atom. The summed E-state index contributed by atoms with van der Waals surface area (Å²) in [4.78, 5) is -0.520. The average molecular weight is 381 g/mol. The first kappa shape index (κ1) is 20.8. The van der Waals surface area contributed by atoms with E-state index in [4.69, 9.17) is 0 Å². The van der Waals surface area contributed by atoms with E-state index in [-0.39, 0.29) is 12.8 Å². The maximum atomic E-state index is 14.1. The average Bonchev–Trinajstić information content (AvgIpc) is 2.88. The topological polar surface area (TPSA) is 12.5 Å². The molecule has 0 bridgehead atoms. The minimum absolute atomic E-state index is 0.134. The molecule has 24 heavy (non-hydrogen) atoms. The highest BCUT2D eigenvalue weighted by Crippen LogP contribution is 2.56. The van der Waals surface area contributed by atoms with Crippen LogP contribution in [-0.4, -0.2) is 48.2 Å². The van der Waals surface area contributed by atoms with Gasteiger partial charge in [0, 0.05) is 13.1 Å². The van der Waals surface area contributed by atoms with Crippen molar-refractivity contribution < 1.29 is 53.0 Å². The largest absolute Gasteiger partial charge is 0.450 e. The minimum Gasteiger partial charge on any atom is -0.425 e. The molecule has 0 saturated carbocycles. The van der Waals surface area contributed by atoms with E-state index < -0.39 is 53.9 Å². The van der Waals surface area contributed by atoms with Crippen LogP contribution in [0.4, 0.5) is 48.3 Å². The zero-order valence-corrected chi connectivity index (χ0v) is 11.5. The van der Waals surface area contributed by atoms with Gasteiger partial charge in [-0.2, -0.15) is 43.9 Å². The zero-order chi connectivity index (χ0) is 19.2. The Kier molecular flexibility index (Phi) is 5.12. The molecular weight excluding hydrogens is 371 g/mol. The lowest BCUT2D eigenvalue weighted by atomic mass is 9.99. The molecule has 0 aromatic heterocycles. The van der Waals surface area contributed by atoms with Crippen molar-refractivity contribution in [1.29, 1.82) is 0 Å². The number of halogens is 11. The quantitative estimate of drug-likeness (QED) is 0.391. The van der Waals surface area contributed by atoms with Crippen LogP contribution in [0, 0.1) is 0 Å². The van der Waals surface area contributed by atoms with E-state index in [9.17, 15) is 48.3 Å². The SMILES string of the molecule is C=C(OC(F)(F)C(F)(C(F)(F)F)C(F)(F)N1CCCC1)C(F)(F)F. The van der Waals surface area contributed by atoms with Gasteiger partial charge in [0.05, 0.1) is 0 Å². The molecular formula is C11H10F11NO. The van der Waals surface area contributed by atoms with Crippen molar-refractivity contribution in [1.82, 2.24) is 4.90 Å². The molecule has 0 aliphatic carbocycles. The van der Waals surface area contributed by atoms with E-state index in [1.165, 1.54) is 0 Å². The van der Waals surface area contributed by atoms with Crippen LogP contribution in [0.2, 0.25) is 0 Å². The summed E-state index contributed by atoms with van der Waals surface area (Å²) in [5.74, 6) is -2.95. The van der Waals surface area contributed by atoms with Gasteiger partial charge in [-0.15, -0.1) is 0 Å². The van der Waals surface area contributed by atoms with Gasteiger partial charge in [0.15, 0.2) is 5.76 Å². The zero-order valence-electron chi connectivity index (χ0n) is 11.5. The van der Waals surface area contributed by atoms with Gasteiger partial charge in [-0.1, -0.05) is 6.58 Å². The molecule has 1 heterocycles. The molecule has 0 aromatic rings. The fraction of sp³-hybridized carbons (Fsp3) is 0.818. The Bertz CT molecular complexity index is 477. The standard InChI is InChI=1S/C11H10F11NO/c1-6(7(12,13)14)24-11(21,22)8(15,9(16,17)18)10(19,20)23-4-2-3-5-23/h1-5H2. The summed E-state index contributed by atoms with van der Waals surface area (Å²) in [6, 6.07) is -5.88. The molecule has 0 radical (unpaired) electrons. The van der Waals surface area contributed by atoms with E-state index in [1.54, 1.807) is 0 Å². The van der Waals surface area contributed by atoms with Gasteiger partial charge in [0.2, 0.25) is 0 Å². The van der Waals surface area contributed by atoms with Crippen LogP contribution < -0.4 is 0 Å². The number of hydrogen-bond acceptors (Lipinski definition) is 2. The fourth-order valence-corrected chi connectivity index (χ4v) is 2.01. The van der Waals surface area contributed by atoms with Gasteiger partial charge in [0.25, 0.3) is 0 Å². The number of alkyl halides is 11. The molecule has 1 fully saturated rings. The summed E-state index contributed by atoms with van der Waals surface area (Å²) >= 11 is 0. The van der Waals surface area contributed by atoms with Crippen LogP contribution in [0.5, 0.6) is 0 Å². The number of nitrogens with zero attached hydrogens (tertiary/aromatic N) is 1. The third-order valence-electron chi connectivity index (χ3n) is 3.28. The Morgan fingerprint density at radius 2 is 1.21 bits per heavy atom. The predicted octanol–water partition coefficient (Wildman–Crippen LogP) is 4.63. The lowest BCUT2D eigenvalue weighted by Gasteiger charge is -2.42. The van der Waals surface area contributed by atoms with Gasteiger partial charge >= 0.3 is 30.2 Å². The van der Waals surface area contributed by atoms with Gasteiger partial charge < -0.3 is 4.74 Å². The second-order valence-corrected chi connectivity index (χ2v) is 4.93. The van der Waals surface area contributed by atoms with Crippen molar-refractivity contribution >= 4 is 0 Å². The second-order valence-electron chi connectivity index (χ2n) is 4.93. The highest BCUT2D eigenvalue weighted by Gasteiger charge is 2.87. The fourth-order valence-electron chi connectivity index (χ4n) is 2.01. The van der Waals surface area contributed by atoms with Crippen molar-refractivity contribution in [3.63, 3.8) is 0 Å². The molecule has 1 aliphatic rings. The van der Waals surface area contributed by atoms with E-state index in [0.29, 0.717) is 0 Å². The number of hydrogen-bond donors (Lipinski definition) is 0. The highest BCUT2D eigenvalue weighted by atomic mass is 19.4. The lowest BCUT2D eigenvalue weighted by Crippen LogP contribution is -2.71. The van der Waals surface area contributed by atoms with Gasteiger partial charge in [0.1, 0.15) is 0 Å². The summed E-state index contributed by atoms with van der Waals surface area (Å²) in [6.45, 7) is 0.154. The van der Waals surface area contributed by atoms with Crippen LogP contribution in [0.15, 0.2) is 12.3 Å². The number of likely N-dealkylation sites (tertiary alicyclic amines) is 1. The summed E-state index contributed by atoms with van der Waals surface area (Å²) in [7, 11) is 0. The third kappa shape index (κ3) is 3.26. The molecule has 1 rings (SSSR count). The number of allylic oxidation sites excluding steroid dienone is 1. The van der Waals surface area contributed by atoms with Crippen LogP contribution >= 0.6 is 0 Å². The molecule has 2 nitrogen and oxygen atoms in total. The Balaban J connectivity index is 3.36. The first-order valence-electron chi connectivity index (χ1n) is 6.20. The third-order valence-corrected chi connectivity index (χ3v) is 3.28. The van der Waals surface area contributed by atoms with E-state index >= 15 is 0 Å². The molecule has 1 unspecified atom stereocenters. The Morgan fingerprint density at radius 3 is 1.54 bits per heavy atom. The molecule has 1 atom stereocenters. The molecule has 1 aliphatic heterocycles. The number of rotatable bonds is 5. The van der Waals surface area contributed by atoms with Crippen LogP contribution in [0.25, 0.3) is 0 Å².